The standard InChI is InChI=1S/C37H48N8O3/c1-24-10-12-25(13-11-24)41-33(22-31(38)36(2,3)4)43-35(46)42-29-15-16-30(28-9-7-6-8-27(28)29)48-26-14-17-32(39)45(23-26)34(40)44-20-18-37(5,47)19-21-44/h6-14,17,22-23,29-30,39-40,47H,15-16,18-21,38H2,1-5H3,(H2,41,42,43,46)/b31-22-,39-32?,40-34?/t29-,30+/m0/s1. The predicted molar refractivity (Wildman–Crippen MR) is 188 cm³/mol. The number of likely N-dealkylation sites (tertiary alicyclic amines) is 1. The van der Waals surface area contributed by atoms with Crippen LogP contribution in [0.15, 0.2) is 83.6 Å². The van der Waals surface area contributed by atoms with Gasteiger partial charge in [0.1, 0.15) is 23.2 Å². The molecule has 3 aromatic rings. The molecule has 254 valence electrons. The van der Waals surface area contributed by atoms with Gasteiger partial charge >= 0.3 is 6.03 Å². The zero-order valence-corrected chi connectivity index (χ0v) is 28.5. The number of aryl methyl sites for hydroxylation is 1. The maximum absolute atomic E-state index is 13.4. The minimum absolute atomic E-state index is 0.174. The van der Waals surface area contributed by atoms with Crippen LogP contribution in [0.2, 0.25) is 0 Å². The summed E-state index contributed by atoms with van der Waals surface area (Å²) in [4.78, 5) is 20.0. The lowest BCUT2D eigenvalue weighted by Crippen LogP contribution is -2.48. The number of piperidine rings is 1. The number of aliphatic imine (C=N–C) groups is 1. The smallest absolute Gasteiger partial charge is 0.320 e. The summed E-state index contributed by atoms with van der Waals surface area (Å²) in [6.45, 7) is 10.9. The van der Waals surface area contributed by atoms with E-state index in [4.69, 9.17) is 21.3 Å². The van der Waals surface area contributed by atoms with E-state index in [1.807, 2.05) is 88.0 Å². The van der Waals surface area contributed by atoms with Crippen molar-refractivity contribution in [3.63, 3.8) is 0 Å². The Hall–Kier alpha value is -4.90. The van der Waals surface area contributed by atoms with Crippen molar-refractivity contribution in [2.45, 2.75) is 78.0 Å². The molecule has 11 heteroatoms. The fourth-order valence-electron chi connectivity index (χ4n) is 5.79. The topological polar surface area (TPSA) is 165 Å². The summed E-state index contributed by atoms with van der Waals surface area (Å²) < 4.78 is 8.00. The maximum Gasteiger partial charge on any atom is 0.320 e. The molecular weight excluding hydrogens is 604 g/mol. The van der Waals surface area contributed by atoms with Crippen LogP contribution in [-0.2, 0) is 0 Å². The van der Waals surface area contributed by atoms with E-state index in [0.29, 0.717) is 61.7 Å². The van der Waals surface area contributed by atoms with Gasteiger partial charge in [0, 0.05) is 30.3 Å². The van der Waals surface area contributed by atoms with Gasteiger partial charge < -0.3 is 25.8 Å². The molecule has 0 bridgehead atoms. The van der Waals surface area contributed by atoms with Crippen molar-refractivity contribution >= 4 is 23.5 Å². The number of pyridine rings is 1. The van der Waals surface area contributed by atoms with E-state index in [0.717, 1.165) is 16.7 Å². The van der Waals surface area contributed by atoms with Crippen LogP contribution < -0.4 is 26.6 Å². The largest absolute Gasteiger partial charge is 0.484 e. The third-order valence-electron chi connectivity index (χ3n) is 8.99. The second-order valence-corrected chi connectivity index (χ2v) is 14.1. The lowest BCUT2D eigenvalue weighted by molar-refractivity contribution is 0.00909. The monoisotopic (exact) mass is 652 g/mol. The van der Waals surface area contributed by atoms with Gasteiger partial charge in [-0.2, -0.15) is 0 Å². The molecule has 1 fully saturated rings. The summed E-state index contributed by atoms with van der Waals surface area (Å²) in [5, 5.41) is 33.6. The van der Waals surface area contributed by atoms with E-state index in [-0.39, 0.29) is 35.0 Å². The first-order chi connectivity index (χ1) is 22.7. The summed E-state index contributed by atoms with van der Waals surface area (Å²) in [6.07, 6.45) is 5.52. The Morgan fingerprint density at radius 2 is 1.73 bits per heavy atom. The third-order valence-corrected chi connectivity index (χ3v) is 8.99. The van der Waals surface area contributed by atoms with Gasteiger partial charge in [-0.05, 0) is 74.9 Å². The quantitative estimate of drug-likeness (QED) is 0.152. The van der Waals surface area contributed by atoms with Crippen molar-refractivity contribution in [3.8, 4) is 5.75 Å². The third kappa shape index (κ3) is 8.51. The first-order valence-electron chi connectivity index (χ1n) is 16.5. The Morgan fingerprint density at radius 3 is 2.40 bits per heavy atom. The van der Waals surface area contributed by atoms with E-state index in [1.165, 1.54) is 4.57 Å². The Kier molecular flexibility index (Phi) is 10.1. The number of nitrogens with two attached hydrogens (primary N) is 1. The van der Waals surface area contributed by atoms with E-state index in [1.54, 1.807) is 24.4 Å². The zero-order chi connectivity index (χ0) is 34.6. The molecule has 11 nitrogen and oxygen atoms in total. The molecule has 1 aliphatic carbocycles. The number of amides is 2. The van der Waals surface area contributed by atoms with Gasteiger partial charge in [0.05, 0.1) is 23.5 Å². The second kappa shape index (κ2) is 14.1. The van der Waals surface area contributed by atoms with Crippen LogP contribution in [0, 0.1) is 23.2 Å². The van der Waals surface area contributed by atoms with Gasteiger partial charge in [-0.15, -0.1) is 0 Å². The van der Waals surface area contributed by atoms with Crippen LogP contribution in [-0.4, -0.2) is 51.1 Å². The number of benzene rings is 2. The van der Waals surface area contributed by atoms with Crippen LogP contribution in [0.25, 0.3) is 0 Å². The number of ether oxygens (including phenoxy) is 1. The molecule has 48 heavy (non-hydrogen) atoms. The average Bonchev–Trinajstić information content (AvgIpc) is 3.03. The summed E-state index contributed by atoms with van der Waals surface area (Å²) >= 11 is 0. The van der Waals surface area contributed by atoms with Gasteiger partial charge in [0.15, 0.2) is 0 Å². The SMILES string of the molecule is Cc1ccc(N=C(/C=C(\N)C(C)(C)C)NC(=O)N[C@H]2CC[C@@H](Oc3ccc(=N)n(C(=N)N4CCC(C)(O)CC4)c3)c3ccccc32)cc1. The normalized spacial score (nSPS) is 19.7. The highest BCUT2D eigenvalue weighted by atomic mass is 16.5. The summed E-state index contributed by atoms with van der Waals surface area (Å²) in [5.41, 5.74) is 9.85. The van der Waals surface area contributed by atoms with Gasteiger partial charge in [-0.3, -0.25) is 20.7 Å². The number of hydrogen-bond donors (Lipinski definition) is 6. The fourth-order valence-corrected chi connectivity index (χ4v) is 5.79. The molecule has 2 atom stereocenters. The Labute approximate surface area is 282 Å². The fraction of sp³-hybridized carbons (Fsp3) is 0.405. The molecule has 2 amide bonds. The van der Waals surface area contributed by atoms with Gasteiger partial charge in [-0.1, -0.05) is 62.7 Å². The van der Waals surface area contributed by atoms with Crippen molar-refractivity contribution < 1.29 is 14.6 Å². The summed E-state index contributed by atoms with van der Waals surface area (Å²) in [5.74, 6) is 1.08. The molecule has 0 radical (unpaired) electrons. The van der Waals surface area contributed by atoms with Gasteiger partial charge in [0.25, 0.3) is 0 Å². The molecule has 0 spiro atoms. The van der Waals surface area contributed by atoms with Gasteiger partial charge in [0.2, 0.25) is 5.96 Å². The zero-order valence-electron chi connectivity index (χ0n) is 28.5. The Bertz CT molecular complexity index is 1760. The lowest BCUT2D eigenvalue weighted by Gasteiger charge is -2.37. The van der Waals surface area contributed by atoms with Crippen molar-refractivity contribution in [2.75, 3.05) is 13.1 Å². The number of urea groups is 1. The minimum Gasteiger partial charge on any atom is -0.484 e. The minimum atomic E-state index is -0.730. The van der Waals surface area contributed by atoms with E-state index in [9.17, 15) is 9.90 Å². The summed E-state index contributed by atoms with van der Waals surface area (Å²) in [6, 6.07) is 18.4. The van der Waals surface area contributed by atoms with Crippen molar-refractivity contribution in [1.82, 2.24) is 20.1 Å². The number of allylic oxidation sites excluding steroid dienone is 1. The number of nitrogens with zero attached hydrogens (tertiary/aromatic N) is 3. The Morgan fingerprint density at radius 1 is 1.06 bits per heavy atom. The maximum atomic E-state index is 13.4. The molecule has 1 aliphatic heterocycles. The number of rotatable bonds is 5. The molecule has 2 aliphatic rings. The predicted octanol–water partition coefficient (Wildman–Crippen LogP) is 5.78. The number of hydrogen-bond acceptors (Lipinski definition) is 7. The molecule has 1 saturated heterocycles. The van der Waals surface area contributed by atoms with Crippen LogP contribution >= 0.6 is 0 Å². The lowest BCUT2D eigenvalue weighted by atomic mass is 9.85. The Balaban J connectivity index is 1.31. The van der Waals surface area contributed by atoms with E-state index in [2.05, 4.69) is 15.6 Å². The van der Waals surface area contributed by atoms with Crippen molar-refractivity contribution in [3.05, 3.63) is 101 Å². The van der Waals surface area contributed by atoms with E-state index >= 15 is 0 Å². The molecule has 7 N–H and O–H groups in total. The molecule has 5 rings (SSSR count). The molecule has 1 aromatic heterocycles. The molecule has 0 saturated carbocycles. The van der Waals surface area contributed by atoms with Crippen molar-refractivity contribution in [2.24, 2.45) is 16.1 Å². The molecule has 2 heterocycles. The number of fused-ring (bicyclic) bond motifs is 1. The van der Waals surface area contributed by atoms with Gasteiger partial charge in [-0.25, -0.2) is 9.79 Å². The average molecular weight is 653 g/mol. The highest BCUT2D eigenvalue weighted by Crippen LogP contribution is 2.38. The molecule has 0 unspecified atom stereocenters. The second-order valence-electron chi connectivity index (χ2n) is 14.1. The number of carbonyl (C=O) groups excluding carboxylic acids is 1. The highest BCUT2D eigenvalue weighted by molar-refractivity contribution is 6.05. The number of carbonyl (C=O) groups is 1. The highest BCUT2D eigenvalue weighted by Gasteiger charge is 2.31. The number of aliphatic hydroxyl groups is 1. The van der Waals surface area contributed by atoms with Crippen LogP contribution in [0.3, 0.4) is 0 Å². The van der Waals surface area contributed by atoms with Crippen molar-refractivity contribution in [1.29, 1.82) is 10.8 Å². The summed E-state index contributed by atoms with van der Waals surface area (Å²) in [7, 11) is 0. The molecular formula is C37H48N8O3. The van der Waals surface area contributed by atoms with Crippen LogP contribution in [0.4, 0.5) is 10.5 Å². The number of aromatic nitrogens is 1. The number of nitrogens with one attached hydrogen (secondary N) is 4. The first kappa shape index (κ1) is 34.4. The number of amidine groups is 1. The van der Waals surface area contributed by atoms with E-state index < -0.39 is 5.60 Å². The molecule has 2 aromatic carbocycles. The van der Waals surface area contributed by atoms with Crippen LogP contribution in [0.5, 0.6) is 5.75 Å². The van der Waals surface area contributed by atoms with Crippen LogP contribution in [0.1, 0.15) is 82.2 Å². The first-order valence-corrected chi connectivity index (χ1v) is 16.5.